The van der Waals surface area contributed by atoms with Crippen molar-refractivity contribution in [2.24, 2.45) is 5.92 Å². The number of carboxylic acid groups (broad SMARTS) is 1. The third kappa shape index (κ3) is 3.20. The molecule has 0 aromatic carbocycles. The van der Waals surface area contributed by atoms with Crippen LogP contribution in [0.15, 0.2) is 16.3 Å². The van der Waals surface area contributed by atoms with E-state index >= 15 is 0 Å². The van der Waals surface area contributed by atoms with Crippen LogP contribution in [0, 0.1) is 5.92 Å². The fourth-order valence-corrected chi connectivity index (χ4v) is 5.24. The fraction of sp³-hybridized carbons (Fsp3) is 0.583. The zero-order chi connectivity index (χ0) is 14.9. The SMILES string of the molecule is CC1CN(S(=O)(=O)c2ccc(CC(=O)O)s2)CCC1O. The van der Waals surface area contributed by atoms with Gasteiger partial charge in [0.1, 0.15) is 4.21 Å². The molecule has 0 aliphatic carbocycles. The number of thiophene rings is 1. The molecule has 1 aliphatic rings. The molecule has 0 bridgehead atoms. The van der Waals surface area contributed by atoms with Crippen LogP contribution in [0.1, 0.15) is 18.2 Å². The van der Waals surface area contributed by atoms with E-state index in [9.17, 15) is 18.3 Å². The zero-order valence-electron chi connectivity index (χ0n) is 11.0. The highest BCUT2D eigenvalue weighted by Gasteiger charge is 2.33. The number of carbonyl (C=O) groups is 1. The number of sulfonamides is 1. The van der Waals surface area contributed by atoms with Crippen LogP contribution in [-0.2, 0) is 21.2 Å². The molecule has 0 spiro atoms. The van der Waals surface area contributed by atoms with Gasteiger partial charge in [0.2, 0.25) is 0 Å². The van der Waals surface area contributed by atoms with E-state index in [0.29, 0.717) is 17.8 Å². The van der Waals surface area contributed by atoms with E-state index in [4.69, 9.17) is 5.11 Å². The third-order valence-electron chi connectivity index (χ3n) is 3.38. The monoisotopic (exact) mass is 319 g/mol. The molecule has 6 nitrogen and oxygen atoms in total. The lowest BCUT2D eigenvalue weighted by atomic mass is 9.99. The molecule has 112 valence electrons. The maximum absolute atomic E-state index is 12.4. The van der Waals surface area contributed by atoms with Gasteiger partial charge in [-0.25, -0.2) is 8.42 Å². The van der Waals surface area contributed by atoms with Crippen molar-refractivity contribution in [2.45, 2.75) is 30.1 Å². The Bertz CT molecular complexity index is 595. The molecule has 2 heterocycles. The summed E-state index contributed by atoms with van der Waals surface area (Å²) in [5, 5.41) is 18.4. The zero-order valence-corrected chi connectivity index (χ0v) is 12.7. The van der Waals surface area contributed by atoms with E-state index in [1.54, 1.807) is 0 Å². The lowest BCUT2D eigenvalue weighted by Gasteiger charge is -2.33. The fourth-order valence-electron chi connectivity index (χ4n) is 2.18. The molecule has 0 saturated carbocycles. The topological polar surface area (TPSA) is 94.9 Å². The van der Waals surface area contributed by atoms with E-state index in [-0.39, 0.29) is 23.1 Å². The lowest BCUT2D eigenvalue weighted by Crippen LogP contribution is -2.44. The molecule has 8 heteroatoms. The Balaban J connectivity index is 2.18. The summed E-state index contributed by atoms with van der Waals surface area (Å²) in [5.41, 5.74) is 0. The Labute approximate surface area is 121 Å². The van der Waals surface area contributed by atoms with E-state index in [1.807, 2.05) is 6.92 Å². The maximum Gasteiger partial charge on any atom is 0.308 e. The molecule has 1 fully saturated rings. The number of hydrogen-bond acceptors (Lipinski definition) is 5. The van der Waals surface area contributed by atoms with Crippen LogP contribution < -0.4 is 0 Å². The smallest absolute Gasteiger partial charge is 0.308 e. The highest BCUT2D eigenvalue weighted by molar-refractivity contribution is 7.91. The number of aliphatic carboxylic acids is 1. The normalized spacial score (nSPS) is 24.7. The summed E-state index contributed by atoms with van der Waals surface area (Å²) in [4.78, 5) is 11.1. The summed E-state index contributed by atoms with van der Waals surface area (Å²) in [5.74, 6) is -1.08. The Morgan fingerprint density at radius 3 is 2.80 bits per heavy atom. The first-order valence-electron chi connectivity index (χ1n) is 6.29. The van der Waals surface area contributed by atoms with Crippen molar-refractivity contribution < 1.29 is 23.4 Å². The Morgan fingerprint density at radius 1 is 1.50 bits per heavy atom. The standard InChI is InChI=1S/C12H17NO5S2/c1-8-7-13(5-4-10(8)14)20(17,18)12-3-2-9(19-12)6-11(15)16/h2-3,8,10,14H,4-7H2,1H3,(H,15,16). The Morgan fingerprint density at radius 2 is 2.20 bits per heavy atom. The van der Waals surface area contributed by atoms with Crippen molar-refractivity contribution in [3.63, 3.8) is 0 Å². The Kier molecular flexibility index (Phi) is 4.48. The van der Waals surface area contributed by atoms with Crippen LogP contribution in [0.4, 0.5) is 0 Å². The van der Waals surface area contributed by atoms with Gasteiger partial charge in [0.05, 0.1) is 12.5 Å². The lowest BCUT2D eigenvalue weighted by molar-refractivity contribution is -0.136. The van der Waals surface area contributed by atoms with Gasteiger partial charge in [0.15, 0.2) is 0 Å². The van der Waals surface area contributed by atoms with E-state index in [1.165, 1.54) is 16.4 Å². The summed E-state index contributed by atoms with van der Waals surface area (Å²) in [6.07, 6.45) is -0.212. The van der Waals surface area contributed by atoms with E-state index in [0.717, 1.165) is 11.3 Å². The van der Waals surface area contributed by atoms with Gasteiger partial charge in [0, 0.05) is 18.0 Å². The number of carboxylic acids is 1. The minimum atomic E-state index is -3.59. The Hall–Kier alpha value is -0.960. The van der Waals surface area contributed by atoms with Crippen molar-refractivity contribution in [2.75, 3.05) is 13.1 Å². The van der Waals surface area contributed by atoms with Gasteiger partial charge in [-0.05, 0) is 24.5 Å². The van der Waals surface area contributed by atoms with Crippen LogP contribution in [0.2, 0.25) is 0 Å². The van der Waals surface area contributed by atoms with Crippen LogP contribution in [-0.4, -0.2) is 48.1 Å². The maximum atomic E-state index is 12.4. The molecule has 1 saturated heterocycles. The van der Waals surface area contributed by atoms with Crippen molar-refractivity contribution in [1.29, 1.82) is 0 Å². The number of hydrogen-bond donors (Lipinski definition) is 2. The van der Waals surface area contributed by atoms with Gasteiger partial charge in [-0.15, -0.1) is 11.3 Å². The predicted octanol–water partition coefficient (Wildman–Crippen LogP) is 0.767. The molecule has 2 atom stereocenters. The second-order valence-corrected chi connectivity index (χ2v) is 8.32. The molecular formula is C12H17NO5S2. The van der Waals surface area contributed by atoms with Gasteiger partial charge in [-0.3, -0.25) is 4.79 Å². The summed E-state index contributed by atoms with van der Waals surface area (Å²) in [6, 6.07) is 2.99. The van der Waals surface area contributed by atoms with Crippen LogP contribution in [0.25, 0.3) is 0 Å². The molecule has 0 radical (unpaired) electrons. The van der Waals surface area contributed by atoms with Gasteiger partial charge in [-0.2, -0.15) is 4.31 Å². The third-order valence-corrected chi connectivity index (χ3v) is 6.80. The van der Waals surface area contributed by atoms with Gasteiger partial charge in [-0.1, -0.05) is 6.92 Å². The van der Waals surface area contributed by atoms with Crippen molar-refractivity contribution in [1.82, 2.24) is 4.31 Å². The quantitative estimate of drug-likeness (QED) is 0.854. The molecule has 1 aromatic heterocycles. The van der Waals surface area contributed by atoms with Crippen LogP contribution >= 0.6 is 11.3 Å². The summed E-state index contributed by atoms with van der Waals surface area (Å²) in [7, 11) is -3.59. The molecule has 2 N–H and O–H groups in total. The number of nitrogens with zero attached hydrogens (tertiary/aromatic N) is 1. The minimum absolute atomic E-state index is 0.100. The summed E-state index contributed by atoms with van der Waals surface area (Å²) < 4.78 is 26.4. The van der Waals surface area contributed by atoms with Crippen LogP contribution in [0.3, 0.4) is 0 Å². The molecule has 0 amide bonds. The number of aliphatic hydroxyl groups excluding tert-OH is 1. The van der Waals surface area contributed by atoms with Gasteiger partial charge in [0.25, 0.3) is 10.0 Å². The minimum Gasteiger partial charge on any atom is -0.481 e. The molecule has 1 aliphatic heterocycles. The first kappa shape index (κ1) is 15.4. The summed E-state index contributed by atoms with van der Waals surface area (Å²) >= 11 is 0.991. The first-order valence-corrected chi connectivity index (χ1v) is 8.55. The van der Waals surface area contributed by atoms with Gasteiger partial charge >= 0.3 is 5.97 Å². The second-order valence-electron chi connectivity index (χ2n) is 4.99. The molecule has 2 rings (SSSR count). The van der Waals surface area contributed by atoms with Crippen molar-refractivity contribution in [3.8, 4) is 0 Å². The summed E-state index contributed by atoms with van der Waals surface area (Å²) in [6.45, 7) is 2.40. The van der Waals surface area contributed by atoms with Crippen molar-refractivity contribution in [3.05, 3.63) is 17.0 Å². The van der Waals surface area contributed by atoms with E-state index in [2.05, 4.69) is 0 Å². The number of aliphatic hydroxyl groups is 1. The molecular weight excluding hydrogens is 302 g/mol. The largest absolute Gasteiger partial charge is 0.481 e. The highest BCUT2D eigenvalue weighted by Crippen LogP contribution is 2.28. The number of piperidine rings is 1. The predicted molar refractivity (Wildman–Crippen MR) is 74.2 cm³/mol. The second kappa shape index (κ2) is 5.80. The first-order chi connectivity index (χ1) is 9.30. The molecule has 1 aromatic rings. The van der Waals surface area contributed by atoms with Crippen LogP contribution in [0.5, 0.6) is 0 Å². The highest BCUT2D eigenvalue weighted by atomic mass is 32.2. The molecule has 20 heavy (non-hydrogen) atoms. The van der Waals surface area contributed by atoms with Gasteiger partial charge < -0.3 is 10.2 Å². The average Bonchev–Trinajstić information content (AvgIpc) is 2.80. The average molecular weight is 319 g/mol. The van der Waals surface area contributed by atoms with Crippen molar-refractivity contribution >= 4 is 27.3 Å². The number of rotatable bonds is 4. The molecule has 2 unspecified atom stereocenters. The van der Waals surface area contributed by atoms with E-state index < -0.39 is 22.1 Å².